The molecule has 2 aromatic heterocycles. The fourth-order valence-corrected chi connectivity index (χ4v) is 4.82. The Labute approximate surface area is 197 Å². The number of amides is 1. The maximum Gasteiger partial charge on any atom is 0.255 e. The summed E-state index contributed by atoms with van der Waals surface area (Å²) < 4.78 is 5.62. The first kappa shape index (κ1) is 20.6. The van der Waals surface area contributed by atoms with Crippen molar-refractivity contribution in [3.63, 3.8) is 0 Å². The molecule has 0 bridgehead atoms. The van der Waals surface area contributed by atoms with Crippen molar-refractivity contribution in [3.8, 4) is 28.3 Å². The molecule has 0 saturated carbocycles. The summed E-state index contributed by atoms with van der Waals surface area (Å²) in [6, 6.07) is 18.0. The Kier molecular flexibility index (Phi) is 5.30. The van der Waals surface area contributed by atoms with E-state index in [4.69, 9.17) is 9.72 Å². The van der Waals surface area contributed by atoms with Crippen LogP contribution in [0.15, 0.2) is 67.0 Å². The second-order valence-corrected chi connectivity index (χ2v) is 8.88. The fourth-order valence-electron chi connectivity index (χ4n) is 4.82. The molecule has 1 amide bonds. The number of ether oxygens (including phenoxy) is 1. The SMILES string of the molecule is O=C(c1cncc(-c2ccc3c(c2)CCO3)c1)N1CCCC(c2nc(-c3ccccc3)n[nH]2)C1. The molecule has 1 saturated heterocycles. The number of likely N-dealkylation sites (tertiary alicyclic amines) is 1. The Balaban J connectivity index is 1.20. The lowest BCUT2D eigenvalue weighted by molar-refractivity contribution is 0.0704. The number of nitrogens with one attached hydrogen (secondary N) is 1. The third kappa shape index (κ3) is 3.94. The second-order valence-electron chi connectivity index (χ2n) is 8.88. The summed E-state index contributed by atoms with van der Waals surface area (Å²) in [4.78, 5) is 24.4. The molecule has 0 spiro atoms. The standard InChI is InChI=1S/C27H25N5O2/c33-27(23-14-22(15-28-16-23)19-8-9-24-20(13-19)10-12-34-24)32-11-4-7-21(17-32)26-29-25(30-31-26)18-5-2-1-3-6-18/h1-3,5-6,8-9,13-16,21H,4,7,10-12,17H2,(H,29,30,31). The summed E-state index contributed by atoms with van der Waals surface area (Å²) in [5, 5.41) is 7.50. The predicted octanol–water partition coefficient (Wildman–Crippen LogP) is 4.49. The monoisotopic (exact) mass is 451 g/mol. The third-order valence-corrected chi connectivity index (χ3v) is 6.64. The van der Waals surface area contributed by atoms with E-state index in [0.29, 0.717) is 17.9 Å². The van der Waals surface area contributed by atoms with Crippen LogP contribution in [0, 0.1) is 0 Å². The van der Waals surface area contributed by atoms with Crippen molar-refractivity contribution in [2.45, 2.75) is 25.2 Å². The zero-order chi connectivity index (χ0) is 22.9. The Morgan fingerprint density at radius 2 is 1.94 bits per heavy atom. The van der Waals surface area contributed by atoms with Crippen LogP contribution in [0.4, 0.5) is 0 Å². The minimum atomic E-state index is 0.00587. The maximum atomic E-state index is 13.4. The topological polar surface area (TPSA) is 84.0 Å². The van der Waals surface area contributed by atoms with Gasteiger partial charge in [-0.15, -0.1) is 0 Å². The molecule has 7 nitrogen and oxygen atoms in total. The minimum absolute atomic E-state index is 0.00587. The van der Waals surface area contributed by atoms with E-state index in [0.717, 1.165) is 60.7 Å². The molecule has 4 aromatic rings. The Hall–Kier alpha value is -4.00. The molecule has 0 aliphatic carbocycles. The molecule has 0 radical (unpaired) electrons. The zero-order valence-electron chi connectivity index (χ0n) is 18.8. The van der Waals surface area contributed by atoms with Gasteiger partial charge in [0.05, 0.1) is 12.2 Å². The number of fused-ring (bicyclic) bond motifs is 1. The largest absolute Gasteiger partial charge is 0.493 e. The van der Waals surface area contributed by atoms with Gasteiger partial charge in [0, 0.05) is 48.9 Å². The fraction of sp³-hybridized carbons (Fsp3) is 0.259. The van der Waals surface area contributed by atoms with Crippen LogP contribution in [0.3, 0.4) is 0 Å². The van der Waals surface area contributed by atoms with Gasteiger partial charge in [-0.25, -0.2) is 4.98 Å². The minimum Gasteiger partial charge on any atom is -0.493 e. The lowest BCUT2D eigenvalue weighted by Crippen LogP contribution is -2.39. The second kappa shape index (κ2) is 8.74. The summed E-state index contributed by atoms with van der Waals surface area (Å²) in [5.41, 5.74) is 4.79. The van der Waals surface area contributed by atoms with Gasteiger partial charge in [0.15, 0.2) is 5.82 Å². The highest BCUT2D eigenvalue weighted by molar-refractivity contribution is 5.95. The van der Waals surface area contributed by atoms with Crippen molar-refractivity contribution < 1.29 is 9.53 Å². The number of carbonyl (C=O) groups excluding carboxylic acids is 1. The van der Waals surface area contributed by atoms with Gasteiger partial charge < -0.3 is 9.64 Å². The third-order valence-electron chi connectivity index (χ3n) is 6.64. The molecule has 7 heteroatoms. The van der Waals surface area contributed by atoms with E-state index in [1.165, 1.54) is 5.56 Å². The van der Waals surface area contributed by atoms with Gasteiger partial charge in [0.2, 0.25) is 0 Å². The number of benzene rings is 2. The number of aromatic nitrogens is 4. The highest BCUT2D eigenvalue weighted by atomic mass is 16.5. The van der Waals surface area contributed by atoms with E-state index in [1.807, 2.05) is 59.6 Å². The number of pyridine rings is 1. The maximum absolute atomic E-state index is 13.4. The van der Waals surface area contributed by atoms with Crippen LogP contribution in [-0.2, 0) is 6.42 Å². The van der Waals surface area contributed by atoms with Gasteiger partial charge in [-0.1, -0.05) is 36.4 Å². The molecular formula is C27H25N5O2. The van der Waals surface area contributed by atoms with Crippen LogP contribution < -0.4 is 4.74 Å². The van der Waals surface area contributed by atoms with Crippen molar-refractivity contribution in [2.75, 3.05) is 19.7 Å². The lowest BCUT2D eigenvalue weighted by Gasteiger charge is -2.31. The molecule has 2 aromatic carbocycles. The van der Waals surface area contributed by atoms with E-state index in [-0.39, 0.29) is 11.8 Å². The molecule has 6 rings (SSSR count). The molecule has 2 aliphatic rings. The first-order valence-electron chi connectivity index (χ1n) is 11.7. The summed E-state index contributed by atoms with van der Waals surface area (Å²) in [5.74, 6) is 2.62. The van der Waals surface area contributed by atoms with Crippen molar-refractivity contribution in [2.24, 2.45) is 0 Å². The Morgan fingerprint density at radius 3 is 2.85 bits per heavy atom. The highest BCUT2D eigenvalue weighted by Gasteiger charge is 2.28. The van der Waals surface area contributed by atoms with Crippen LogP contribution in [-0.4, -0.2) is 50.7 Å². The molecule has 4 heterocycles. The first-order chi connectivity index (χ1) is 16.7. The van der Waals surface area contributed by atoms with Gasteiger partial charge in [-0.3, -0.25) is 14.9 Å². The number of H-pyrrole nitrogens is 1. The van der Waals surface area contributed by atoms with Crippen molar-refractivity contribution in [3.05, 3.63) is 83.9 Å². The molecule has 1 N–H and O–H groups in total. The molecule has 1 fully saturated rings. The first-order valence-corrected chi connectivity index (χ1v) is 11.7. The van der Waals surface area contributed by atoms with Gasteiger partial charge in [-0.2, -0.15) is 5.10 Å². The molecule has 34 heavy (non-hydrogen) atoms. The number of aromatic amines is 1. The van der Waals surface area contributed by atoms with Crippen LogP contribution in [0.25, 0.3) is 22.5 Å². The average Bonchev–Trinajstić information content (AvgIpc) is 3.59. The summed E-state index contributed by atoms with van der Waals surface area (Å²) in [6.07, 6.45) is 6.29. The van der Waals surface area contributed by atoms with Gasteiger partial charge in [0.1, 0.15) is 11.6 Å². The van der Waals surface area contributed by atoms with Gasteiger partial charge >= 0.3 is 0 Å². The van der Waals surface area contributed by atoms with Crippen LogP contribution in [0.1, 0.15) is 40.5 Å². The van der Waals surface area contributed by atoms with E-state index in [9.17, 15) is 4.79 Å². The number of hydrogen-bond acceptors (Lipinski definition) is 5. The molecule has 1 unspecified atom stereocenters. The summed E-state index contributed by atoms with van der Waals surface area (Å²) in [6.45, 7) is 2.07. The van der Waals surface area contributed by atoms with E-state index >= 15 is 0 Å². The van der Waals surface area contributed by atoms with Gasteiger partial charge in [0.25, 0.3) is 5.91 Å². The average molecular weight is 452 g/mol. The van der Waals surface area contributed by atoms with Gasteiger partial charge in [-0.05, 0) is 42.2 Å². The van der Waals surface area contributed by atoms with Crippen LogP contribution in [0.5, 0.6) is 5.75 Å². The van der Waals surface area contributed by atoms with Crippen LogP contribution >= 0.6 is 0 Å². The number of rotatable bonds is 4. The molecule has 1 atom stereocenters. The quantitative estimate of drug-likeness (QED) is 0.494. The van der Waals surface area contributed by atoms with Crippen molar-refractivity contribution in [1.82, 2.24) is 25.1 Å². The Bertz CT molecular complexity index is 1330. The summed E-state index contributed by atoms with van der Waals surface area (Å²) in [7, 11) is 0. The van der Waals surface area contributed by atoms with Crippen molar-refractivity contribution in [1.29, 1.82) is 0 Å². The van der Waals surface area contributed by atoms with Crippen LogP contribution in [0.2, 0.25) is 0 Å². The van der Waals surface area contributed by atoms with E-state index < -0.39 is 0 Å². The zero-order valence-corrected chi connectivity index (χ0v) is 18.8. The number of nitrogens with zero attached hydrogens (tertiary/aromatic N) is 4. The highest BCUT2D eigenvalue weighted by Crippen LogP contribution is 2.31. The number of hydrogen-bond donors (Lipinski definition) is 1. The molecule has 170 valence electrons. The summed E-state index contributed by atoms with van der Waals surface area (Å²) >= 11 is 0. The van der Waals surface area contributed by atoms with E-state index in [1.54, 1.807) is 6.20 Å². The number of carbonyl (C=O) groups is 1. The number of piperidine rings is 1. The lowest BCUT2D eigenvalue weighted by atomic mass is 9.96. The predicted molar refractivity (Wildman–Crippen MR) is 129 cm³/mol. The van der Waals surface area contributed by atoms with E-state index in [2.05, 4.69) is 21.2 Å². The molecule has 2 aliphatic heterocycles. The normalized spacial score (nSPS) is 17.3. The smallest absolute Gasteiger partial charge is 0.255 e. The molecular weight excluding hydrogens is 426 g/mol. The van der Waals surface area contributed by atoms with Crippen molar-refractivity contribution >= 4 is 5.91 Å². The Morgan fingerprint density at radius 1 is 1.03 bits per heavy atom.